The number of fused-ring (bicyclic) bond motifs is 1. The van der Waals surface area contributed by atoms with E-state index in [2.05, 4.69) is 10.1 Å². The van der Waals surface area contributed by atoms with E-state index in [1.54, 1.807) is 51.2 Å². The van der Waals surface area contributed by atoms with Crippen molar-refractivity contribution in [3.8, 4) is 0 Å². The average molecular weight is 329 g/mol. The van der Waals surface area contributed by atoms with Crippen molar-refractivity contribution in [1.29, 1.82) is 0 Å². The number of carbonyl (C=O) groups excluding carboxylic acids is 1. The molecule has 0 fully saturated rings. The summed E-state index contributed by atoms with van der Waals surface area (Å²) in [5, 5.41) is 4.82. The van der Waals surface area contributed by atoms with E-state index in [1.807, 2.05) is 6.07 Å². The van der Waals surface area contributed by atoms with Gasteiger partial charge in [-0.3, -0.25) is 4.98 Å². The van der Waals surface area contributed by atoms with E-state index in [0.717, 1.165) is 17.1 Å². The third kappa shape index (κ3) is 2.52. The van der Waals surface area contributed by atoms with E-state index >= 15 is 0 Å². The second kappa shape index (κ2) is 5.38. The Hall–Kier alpha value is -2.80. The summed E-state index contributed by atoms with van der Waals surface area (Å²) < 4.78 is 18.5. The largest absolute Gasteiger partial charge is 0.556 e. The monoisotopic (exact) mass is 329 g/mol. The number of quaternary nitrogens is 1. The molecular weight excluding hydrogens is 311 g/mol. The zero-order chi connectivity index (χ0) is 17.5. The first-order chi connectivity index (χ1) is 11.2. The van der Waals surface area contributed by atoms with Crippen molar-refractivity contribution in [3.63, 3.8) is 0 Å². The number of rotatable bonds is 1. The van der Waals surface area contributed by atoms with Crippen LogP contribution in [0.15, 0.2) is 53.3 Å². The van der Waals surface area contributed by atoms with Crippen LogP contribution in [-0.4, -0.2) is 22.9 Å². The highest BCUT2D eigenvalue weighted by Crippen LogP contribution is 2.36. The Bertz CT molecular complexity index is 886. The molecule has 24 heavy (non-hydrogen) atoms. The molecule has 1 aliphatic rings. The van der Waals surface area contributed by atoms with Gasteiger partial charge in [-0.2, -0.15) is 9.18 Å². The predicted molar refractivity (Wildman–Crippen MR) is 90.6 cm³/mol. The molecule has 1 aromatic carbocycles. The quantitative estimate of drug-likeness (QED) is 0.811. The minimum Gasteiger partial charge on any atom is -0.412 e. The molecule has 1 aliphatic heterocycles. The third-order valence-electron chi connectivity index (χ3n) is 3.56. The van der Waals surface area contributed by atoms with Crippen molar-refractivity contribution in [3.05, 3.63) is 48.2 Å². The number of benzene rings is 1. The molecule has 1 atom stereocenters. The van der Waals surface area contributed by atoms with Crippen molar-refractivity contribution in [2.24, 2.45) is 10.8 Å². The Balaban J connectivity index is 2.18. The Labute approximate surface area is 138 Å². The summed E-state index contributed by atoms with van der Waals surface area (Å²) in [6.07, 6.45) is 1.83. The summed E-state index contributed by atoms with van der Waals surface area (Å²) in [6, 6.07) is 8.69. The summed E-state index contributed by atoms with van der Waals surface area (Å²) in [5.74, 6) is -1.08. The van der Waals surface area contributed by atoms with Crippen LogP contribution >= 0.6 is 0 Å². The highest BCUT2D eigenvalue weighted by atomic mass is 19.1. The molecule has 0 saturated carbocycles. The van der Waals surface area contributed by atoms with Gasteiger partial charge in [0.15, 0.2) is 5.69 Å². The number of hydrogen-bond acceptors (Lipinski definition) is 5. The fraction of sp³-hybridized carbons (Fsp3) is 0.235. The molecule has 0 radical (unpaired) electrons. The van der Waals surface area contributed by atoms with Crippen LogP contribution in [0.25, 0.3) is 10.9 Å². The van der Waals surface area contributed by atoms with Crippen molar-refractivity contribution in [2.45, 2.75) is 26.4 Å². The number of halogens is 1. The van der Waals surface area contributed by atoms with Crippen LogP contribution in [0.5, 0.6) is 0 Å². The van der Waals surface area contributed by atoms with Gasteiger partial charge in [-0.1, -0.05) is 11.2 Å². The maximum Gasteiger partial charge on any atom is 0.556 e. The topological polar surface area (TPSA) is 77.6 Å². The molecule has 3 rings (SSSR count). The third-order valence-corrected chi connectivity index (χ3v) is 3.56. The minimum absolute atomic E-state index is 0.326. The number of carbonyl (C=O) groups is 1. The number of ether oxygens (including phenoxy) is 1. The maximum absolute atomic E-state index is 14.0. The van der Waals surface area contributed by atoms with Crippen LogP contribution in [-0.2, 0) is 4.74 Å². The molecule has 2 N–H and O–H groups in total. The molecule has 7 heteroatoms. The zero-order valence-corrected chi connectivity index (χ0v) is 13.7. The SMILES string of the molecule is CC(C)(C)OC(=O)[N@@+]1(c2ccc3ncccc3c2)N=CC(F)=C1N. The first-order valence-electron chi connectivity index (χ1n) is 7.43. The van der Waals surface area contributed by atoms with Gasteiger partial charge in [-0.05, 0) is 37.5 Å². The molecular formula is C17H18FN4O2+. The van der Waals surface area contributed by atoms with Crippen molar-refractivity contribution in [2.75, 3.05) is 0 Å². The highest BCUT2D eigenvalue weighted by Gasteiger charge is 2.52. The van der Waals surface area contributed by atoms with Crippen LogP contribution in [0.2, 0.25) is 0 Å². The Kier molecular flexibility index (Phi) is 3.60. The van der Waals surface area contributed by atoms with Gasteiger partial charge in [0.05, 0.1) is 5.52 Å². The van der Waals surface area contributed by atoms with Gasteiger partial charge in [0.2, 0.25) is 5.83 Å². The van der Waals surface area contributed by atoms with Gasteiger partial charge in [0, 0.05) is 23.7 Å². The molecule has 0 aliphatic carbocycles. The van der Waals surface area contributed by atoms with Gasteiger partial charge in [-0.25, -0.2) is 0 Å². The molecule has 0 bridgehead atoms. The van der Waals surface area contributed by atoms with Crippen molar-refractivity contribution >= 4 is 28.9 Å². The number of hydrogen-bond donors (Lipinski definition) is 1. The molecule has 1 amide bonds. The first-order valence-corrected chi connectivity index (χ1v) is 7.43. The van der Waals surface area contributed by atoms with E-state index in [1.165, 1.54) is 0 Å². The van der Waals surface area contributed by atoms with Gasteiger partial charge >= 0.3 is 6.09 Å². The minimum atomic E-state index is -0.881. The lowest BCUT2D eigenvalue weighted by Crippen LogP contribution is -2.52. The summed E-state index contributed by atoms with van der Waals surface area (Å²) in [5.41, 5.74) is 6.25. The van der Waals surface area contributed by atoms with E-state index in [4.69, 9.17) is 10.5 Å². The predicted octanol–water partition coefficient (Wildman–Crippen LogP) is 3.57. The summed E-state index contributed by atoms with van der Waals surface area (Å²) >= 11 is 0. The standard InChI is InChI=1S/C17H18FN4O2/c1-17(2,3)24-16(23)22(15(19)13(18)10-21-22)12-6-7-14-11(9-12)5-4-8-20-14/h4-10H,19H2,1-3H3/q+1/t22-/m0/s1. The van der Waals surface area contributed by atoms with Gasteiger partial charge in [0.1, 0.15) is 11.8 Å². The van der Waals surface area contributed by atoms with Gasteiger partial charge < -0.3 is 10.5 Å². The lowest BCUT2D eigenvalue weighted by Gasteiger charge is -2.28. The first kappa shape index (κ1) is 16.1. The number of allylic oxidation sites excluding steroid dienone is 1. The molecule has 2 aromatic rings. The number of nitrogens with zero attached hydrogens (tertiary/aromatic N) is 3. The molecule has 1 aromatic heterocycles. The van der Waals surface area contributed by atoms with E-state index in [0.29, 0.717) is 5.69 Å². The Morgan fingerprint density at radius 1 is 1.29 bits per heavy atom. The number of amides is 1. The van der Waals surface area contributed by atoms with Crippen LogP contribution in [0.3, 0.4) is 0 Å². The second-order valence-electron chi connectivity index (χ2n) is 6.47. The number of aromatic nitrogens is 1. The van der Waals surface area contributed by atoms with Gasteiger partial charge in [-0.15, -0.1) is 0 Å². The zero-order valence-electron chi connectivity index (χ0n) is 13.7. The lowest BCUT2D eigenvalue weighted by atomic mass is 10.1. The maximum atomic E-state index is 14.0. The second-order valence-corrected chi connectivity index (χ2v) is 6.47. The van der Waals surface area contributed by atoms with E-state index in [-0.39, 0.29) is 5.82 Å². The fourth-order valence-corrected chi connectivity index (χ4v) is 2.47. The van der Waals surface area contributed by atoms with Crippen LogP contribution in [0.4, 0.5) is 14.9 Å². The Morgan fingerprint density at radius 2 is 2.04 bits per heavy atom. The molecule has 2 heterocycles. The van der Waals surface area contributed by atoms with Crippen LogP contribution < -0.4 is 10.3 Å². The molecule has 0 unspecified atom stereocenters. The normalized spacial score (nSPS) is 20.7. The molecule has 6 nitrogen and oxygen atoms in total. The summed E-state index contributed by atoms with van der Waals surface area (Å²) in [4.78, 5) is 17.0. The van der Waals surface area contributed by atoms with E-state index < -0.39 is 22.1 Å². The fourth-order valence-electron chi connectivity index (χ4n) is 2.47. The van der Waals surface area contributed by atoms with Gasteiger partial charge in [0.25, 0.3) is 5.82 Å². The molecule has 0 spiro atoms. The van der Waals surface area contributed by atoms with Crippen LogP contribution in [0.1, 0.15) is 20.8 Å². The Morgan fingerprint density at radius 3 is 2.67 bits per heavy atom. The number of pyridine rings is 1. The summed E-state index contributed by atoms with van der Waals surface area (Å²) in [7, 11) is 0. The van der Waals surface area contributed by atoms with E-state index in [9.17, 15) is 9.18 Å². The van der Waals surface area contributed by atoms with Crippen molar-refractivity contribution in [1.82, 2.24) is 9.58 Å². The number of nitrogens with two attached hydrogens (primary N) is 1. The lowest BCUT2D eigenvalue weighted by molar-refractivity contribution is 0.0328. The average Bonchev–Trinajstić information content (AvgIpc) is 2.82. The van der Waals surface area contributed by atoms with Crippen LogP contribution in [0, 0.1) is 0 Å². The summed E-state index contributed by atoms with van der Waals surface area (Å²) in [6.45, 7) is 5.17. The smallest absolute Gasteiger partial charge is 0.412 e. The highest BCUT2D eigenvalue weighted by molar-refractivity contribution is 5.95. The molecule has 0 saturated heterocycles. The molecule has 124 valence electrons. The van der Waals surface area contributed by atoms with Crippen molar-refractivity contribution < 1.29 is 13.9 Å².